The van der Waals surface area contributed by atoms with Crippen molar-refractivity contribution in [3.8, 4) is 6.07 Å². The maximum Gasteiger partial charge on any atom is 0.118 e. The molecule has 1 heterocycles. The highest BCUT2D eigenvalue weighted by Gasteiger charge is 2.15. The SMILES string of the molecule is CC.CC1=c2c(C#N)c(N)sc2=C(F)CC1. The molecule has 2 rings (SSSR count). The van der Waals surface area contributed by atoms with Crippen molar-refractivity contribution >= 4 is 27.7 Å². The first-order valence-electron chi connectivity index (χ1n) is 5.32. The highest BCUT2D eigenvalue weighted by Crippen LogP contribution is 2.20. The molecule has 1 aromatic rings. The fourth-order valence-corrected chi connectivity index (χ4v) is 2.75. The van der Waals surface area contributed by atoms with Crippen LogP contribution < -0.4 is 15.5 Å². The zero-order valence-corrected chi connectivity index (χ0v) is 10.5. The summed E-state index contributed by atoms with van der Waals surface area (Å²) in [5.41, 5.74) is 7.16. The van der Waals surface area contributed by atoms with E-state index in [-0.39, 0.29) is 5.83 Å². The van der Waals surface area contributed by atoms with Crippen LogP contribution in [0.3, 0.4) is 0 Å². The van der Waals surface area contributed by atoms with Crippen LogP contribution in [-0.2, 0) is 0 Å². The number of nitrogens with zero attached hydrogens (tertiary/aromatic N) is 1. The van der Waals surface area contributed by atoms with Gasteiger partial charge in [-0.05, 0) is 13.3 Å². The van der Waals surface area contributed by atoms with Crippen LogP contribution in [0, 0.1) is 11.3 Å². The lowest BCUT2D eigenvalue weighted by Crippen LogP contribution is -2.28. The fraction of sp³-hybridized carbons (Fsp3) is 0.417. The number of nitriles is 1. The van der Waals surface area contributed by atoms with E-state index < -0.39 is 0 Å². The Morgan fingerprint density at radius 3 is 2.56 bits per heavy atom. The van der Waals surface area contributed by atoms with Crippen LogP contribution in [0.2, 0.25) is 0 Å². The number of anilines is 1. The number of hydrogen-bond donors (Lipinski definition) is 1. The van der Waals surface area contributed by atoms with Crippen LogP contribution in [0.15, 0.2) is 0 Å². The van der Waals surface area contributed by atoms with Crippen molar-refractivity contribution in [1.29, 1.82) is 5.26 Å². The maximum absolute atomic E-state index is 13.4. The molecule has 16 heavy (non-hydrogen) atoms. The van der Waals surface area contributed by atoms with E-state index in [4.69, 9.17) is 11.0 Å². The van der Waals surface area contributed by atoms with Crippen molar-refractivity contribution in [2.45, 2.75) is 33.6 Å². The van der Waals surface area contributed by atoms with Crippen molar-refractivity contribution < 1.29 is 4.39 Å². The van der Waals surface area contributed by atoms with E-state index in [0.717, 1.165) is 10.8 Å². The van der Waals surface area contributed by atoms with Crippen LogP contribution in [0.1, 0.15) is 39.2 Å². The summed E-state index contributed by atoms with van der Waals surface area (Å²) < 4.78 is 14.0. The second-order valence-electron chi connectivity index (χ2n) is 3.34. The number of nitrogen functional groups attached to an aromatic ring is 1. The summed E-state index contributed by atoms with van der Waals surface area (Å²) in [5.74, 6) is -0.135. The quantitative estimate of drug-likeness (QED) is 0.753. The van der Waals surface area contributed by atoms with Crippen molar-refractivity contribution in [3.63, 3.8) is 0 Å². The molecule has 4 heteroatoms. The Bertz CT molecular complexity index is 549. The highest BCUT2D eigenvalue weighted by atomic mass is 32.1. The molecule has 0 aromatic carbocycles. The molecule has 1 aromatic heterocycles. The Kier molecular flexibility index (Phi) is 4.08. The Morgan fingerprint density at radius 1 is 1.38 bits per heavy atom. The topological polar surface area (TPSA) is 49.8 Å². The summed E-state index contributed by atoms with van der Waals surface area (Å²) >= 11 is 1.18. The minimum absolute atomic E-state index is 0.135. The van der Waals surface area contributed by atoms with Gasteiger partial charge in [-0.25, -0.2) is 4.39 Å². The molecule has 1 aliphatic carbocycles. The number of nitrogens with two attached hydrogens (primary N) is 1. The predicted octanol–water partition coefficient (Wildman–Crippen LogP) is 2.27. The van der Waals surface area contributed by atoms with Gasteiger partial charge in [0.25, 0.3) is 0 Å². The van der Waals surface area contributed by atoms with Gasteiger partial charge in [0, 0.05) is 11.6 Å². The molecule has 0 amide bonds. The normalized spacial score (nSPS) is 13.7. The lowest BCUT2D eigenvalue weighted by atomic mass is 10.0. The molecule has 2 nitrogen and oxygen atoms in total. The predicted molar refractivity (Wildman–Crippen MR) is 66.9 cm³/mol. The van der Waals surface area contributed by atoms with Crippen LogP contribution >= 0.6 is 11.3 Å². The van der Waals surface area contributed by atoms with Crippen LogP contribution in [0.5, 0.6) is 0 Å². The first-order chi connectivity index (χ1) is 7.65. The molecular formula is C12H15FN2S. The van der Waals surface area contributed by atoms with E-state index in [9.17, 15) is 4.39 Å². The maximum atomic E-state index is 13.4. The average Bonchev–Trinajstić information content (AvgIpc) is 2.64. The van der Waals surface area contributed by atoms with Crippen molar-refractivity contribution in [2.75, 3.05) is 5.73 Å². The average molecular weight is 238 g/mol. The zero-order chi connectivity index (χ0) is 12.3. The molecule has 0 unspecified atom stereocenters. The van der Waals surface area contributed by atoms with Crippen molar-refractivity contribution in [2.24, 2.45) is 0 Å². The monoisotopic (exact) mass is 238 g/mol. The summed E-state index contributed by atoms with van der Waals surface area (Å²) in [6.07, 6.45) is 1.12. The Hall–Kier alpha value is -1.34. The van der Waals surface area contributed by atoms with Gasteiger partial charge in [-0.2, -0.15) is 5.26 Å². The largest absolute Gasteiger partial charge is 0.389 e. The molecule has 0 saturated carbocycles. The van der Waals surface area contributed by atoms with E-state index in [0.29, 0.717) is 27.9 Å². The summed E-state index contributed by atoms with van der Waals surface area (Å²) in [6.45, 7) is 5.93. The van der Waals surface area contributed by atoms with Gasteiger partial charge in [-0.1, -0.05) is 19.4 Å². The van der Waals surface area contributed by atoms with E-state index in [1.165, 1.54) is 11.3 Å². The van der Waals surface area contributed by atoms with Gasteiger partial charge in [0.05, 0.1) is 10.1 Å². The second-order valence-corrected chi connectivity index (χ2v) is 4.39. The molecule has 0 atom stereocenters. The summed E-state index contributed by atoms with van der Waals surface area (Å²) in [6, 6.07) is 2.04. The van der Waals surface area contributed by atoms with Gasteiger partial charge in [0.2, 0.25) is 0 Å². The van der Waals surface area contributed by atoms with Gasteiger partial charge in [0.15, 0.2) is 0 Å². The summed E-state index contributed by atoms with van der Waals surface area (Å²) in [5, 5.41) is 10.1. The van der Waals surface area contributed by atoms with E-state index in [2.05, 4.69) is 0 Å². The Morgan fingerprint density at radius 2 is 2.00 bits per heavy atom. The number of rotatable bonds is 0. The lowest BCUT2D eigenvalue weighted by molar-refractivity contribution is 0.696. The van der Waals surface area contributed by atoms with Gasteiger partial charge in [0.1, 0.15) is 16.9 Å². The molecule has 86 valence electrons. The molecule has 0 aliphatic heterocycles. The minimum Gasteiger partial charge on any atom is -0.389 e. The Labute approximate surface area is 98.5 Å². The first kappa shape index (κ1) is 12.7. The number of hydrogen-bond acceptors (Lipinski definition) is 3. The number of fused-ring (bicyclic) bond motifs is 1. The van der Waals surface area contributed by atoms with Crippen LogP contribution in [-0.4, -0.2) is 0 Å². The van der Waals surface area contributed by atoms with Gasteiger partial charge in [-0.3, -0.25) is 0 Å². The first-order valence-corrected chi connectivity index (χ1v) is 6.13. The fourth-order valence-electron chi connectivity index (χ4n) is 1.69. The minimum atomic E-state index is -0.135. The van der Waals surface area contributed by atoms with E-state index in [1.54, 1.807) is 0 Å². The second kappa shape index (κ2) is 5.13. The van der Waals surface area contributed by atoms with E-state index in [1.807, 2.05) is 26.8 Å². The third-order valence-corrected chi connectivity index (χ3v) is 3.49. The molecule has 0 fully saturated rings. The van der Waals surface area contributed by atoms with E-state index >= 15 is 0 Å². The third kappa shape index (κ3) is 1.96. The molecular weight excluding hydrogens is 223 g/mol. The lowest BCUT2D eigenvalue weighted by Gasteiger charge is -2.04. The standard InChI is InChI=1S/C10H9FN2S.C2H6/c1-5-2-3-7(11)9-8(5)6(4-12)10(13)14-9;1-2/h2-3,13H2,1H3;1-2H3. The van der Waals surface area contributed by atoms with Gasteiger partial charge >= 0.3 is 0 Å². The molecule has 0 radical (unpaired) electrons. The van der Waals surface area contributed by atoms with Crippen LogP contribution in [0.25, 0.3) is 11.4 Å². The van der Waals surface area contributed by atoms with Gasteiger partial charge < -0.3 is 5.73 Å². The smallest absolute Gasteiger partial charge is 0.118 e. The molecule has 0 spiro atoms. The zero-order valence-electron chi connectivity index (χ0n) is 9.72. The summed E-state index contributed by atoms with van der Waals surface area (Å²) in [7, 11) is 0. The Balaban J connectivity index is 0.000000606. The van der Waals surface area contributed by atoms with Gasteiger partial charge in [-0.15, -0.1) is 11.3 Å². The highest BCUT2D eigenvalue weighted by molar-refractivity contribution is 7.14. The molecule has 0 bridgehead atoms. The number of halogens is 1. The van der Waals surface area contributed by atoms with Crippen molar-refractivity contribution in [1.82, 2.24) is 0 Å². The van der Waals surface area contributed by atoms with Crippen molar-refractivity contribution in [3.05, 3.63) is 15.3 Å². The molecule has 1 aliphatic rings. The van der Waals surface area contributed by atoms with Crippen LogP contribution in [0.4, 0.5) is 9.39 Å². The third-order valence-electron chi connectivity index (χ3n) is 2.44. The molecule has 2 N–H and O–H groups in total. The number of thiophene rings is 1. The summed E-state index contributed by atoms with van der Waals surface area (Å²) in [4.78, 5) is 0. The molecule has 0 saturated heterocycles.